The lowest BCUT2D eigenvalue weighted by molar-refractivity contribution is 0.00995. The minimum atomic E-state index is -0.608. The molecule has 1 saturated carbocycles. The second-order valence-electron chi connectivity index (χ2n) is 13.7. The van der Waals surface area contributed by atoms with Gasteiger partial charge in [-0.3, -0.25) is 9.59 Å². The molecule has 8 nitrogen and oxygen atoms in total. The summed E-state index contributed by atoms with van der Waals surface area (Å²) < 4.78 is 24.7. The summed E-state index contributed by atoms with van der Waals surface area (Å²) in [6.45, 7) is 0.738. The molecule has 1 fully saturated rings. The van der Waals surface area contributed by atoms with Gasteiger partial charge >= 0.3 is 5.97 Å². The Morgan fingerprint density at radius 1 is 0.518 bits per heavy atom. The van der Waals surface area contributed by atoms with E-state index < -0.39 is 18.1 Å². The average molecular weight is 746 g/mol. The molecule has 56 heavy (non-hydrogen) atoms. The van der Waals surface area contributed by atoms with Crippen LogP contribution in [0.4, 0.5) is 0 Å². The lowest BCUT2D eigenvalue weighted by Crippen LogP contribution is -2.47. The quantitative estimate of drug-likeness (QED) is 0.0826. The van der Waals surface area contributed by atoms with E-state index in [2.05, 4.69) is 5.32 Å². The molecule has 6 aromatic carbocycles. The van der Waals surface area contributed by atoms with Crippen molar-refractivity contribution in [2.75, 3.05) is 0 Å². The number of hydrogen-bond donors (Lipinski definition) is 1. The molecule has 7 rings (SSSR count). The molecule has 0 radical (unpaired) electrons. The monoisotopic (exact) mass is 745 g/mol. The van der Waals surface area contributed by atoms with Gasteiger partial charge in [0, 0.05) is 11.1 Å². The summed E-state index contributed by atoms with van der Waals surface area (Å²) in [6, 6.07) is 47.7. The van der Waals surface area contributed by atoms with Crippen LogP contribution in [0.25, 0.3) is 0 Å². The van der Waals surface area contributed by atoms with Crippen molar-refractivity contribution >= 4 is 17.7 Å². The molecule has 0 spiro atoms. The first-order chi connectivity index (χ1) is 27.5. The van der Waals surface area contributed by atoms with Crippen molar-refractivity contribution in [1.29, 1.82) is 0 Å². The summed E-state index contributed by atoms with van der Waals surface area (Å²) >= 11 is 0. The zero-order valence-electron chi connectivity index (χ0n) is 31.0. The minimum Gasteiger partial charge on any atom is -0.489 e. The number of nitrogens with one attached hydrogen (secondary N) is 1. The van der Waals surface area contributed by atoms with E-state index in [0.29, 0.717) is 36.3 Å². The number of hydrogen-bond acceptors (Lipinski definition) is 7. The average Bonchev–Trinajstić information content (AvgIpc) is 3.26. The van der Waals surface area contributed by atoms with Crippen LogP contribution in [0, 0.1) is 0 Å². The highest BCUT2D eigenvalue weighted by molar-refractivity contribution is 6.13. The molecule has 1 N–H and O–H groups in total. The fourth-order valence-corrected chi connectivity index (χ4v) is 6.67. The Labute approximate surface area is 327 Å². The molecule has 1 aliphatic carbocycles. The molecule has 0 aromatic heterocycles. The summed E-state index contributed by atoms with van der Waals surface area (Å²) in [5.41, 5.74) is 4.14. The number of carbonyl (C=O) groups excluding carboxylic acids is 3. The Bertz CT molecular complexity index is 2150. The smallest absolute Gasteiger partial charge is 0.338 e. The summed E-state index contributed by atoms with van der Waals surface area (Å²) in [7, 11) is 0. The van der Waals surface area contributed by atoms with Gasteiger partial charge in [-0.05, 0) is 72.4 Å². The molecule has 2 atom stereocenters. The number of ketones is 1. The van der Waals surface area contributed by atoms with E-state index in [1.807, 2.05) is 97.1 Å². The van der Waals surface area contributed by atoms with E-state index in [9.17, 15) is 14.4 Å². The number of ether oxygens (including phenoxy) is 4. The van der Waals surface area contributed by atoms with Gasteiger partial charge in [0.15, 0.2) is 0 Å². The third kappa shape index (κ3) is 9.89. The summed E-state index contributed by atoms with van der Waals surface area (Å²) in [4.78, 5) is 41.7. The van der Waals surface area contributed by atoms with Crippen LogP contribution < -0.4 is 19.5 Å². The number of carbonyl (C=O) groups is 3. The number of benzene rings is 6. The first-order valence-electron chi connectivity index (χ1n) is 18.9. The molecule has 0 unspecified atom stereocenters. The van der Waals surface area contributed by atoms with Crippen molar-refractivity contribution in [1.82, 2.24) is 5.32 Å². The highest BCUT2D eigenvalue weighted by Crippen LogP contribution is 2.35. The van der Waals surface area contributed by atoms with Gasteiger partial charge in [-0.2, -0.15) is 0 Å². The van der Waals surface area contributed by atoms with Gasteiger partial charge in [0.05, 0.1) is 11.6 Å². The maximum Gasteiger partial charge on any atom is 0.338 e. The Kier molecular flexibility index (Phi) is 12.5. The van der Waals surface area contributed by atoms with Crippen LogP contribution in [0.2, 0.25) is 0 Å². The third-order valence-corrected chi connectivity index (χ3v) is 9.68. The first kappa shape index (κ1) is 37.6. The molecule has 0 heterocycles. The van der Waals surface area contributed by atoms with Crippen LogP contribution in [0.5, 0.6) is 17.2 Å². The van der Waals surface area contributed by atoms with Crippen molar-refractivity contribution < 1.29 is 33.3 Å². The van der Waals surface area contributed by atoms with E-state index >= 15 is 0 Å². The van der Waals surface area contributed by atoms with Crippen LogP contribution in [0.15, 0.2) is 158 Å². The third-order valence-electron chi connectivity index (χ3n) is 9.68. The number of esters is 1. The predicted octanol–water partition coefficient (Wildman–Crippen LogP) is 9.55. The van der Waals surface area contributed by atoms with E-state index in [-0.39, 0.29) is 47.5 Å². The van der Waals surface area contributed by atoms with Crippen LogP contribution in [0.1, 0.15) is 79.0 Å². The topological polar surface area (TPSA) is 100 Å². The molecular formula is C48H43NO7. The minimum absolute atomic E-state index is 0.156. The van der Waals surface area contributed by atoms with Crippen molar-refractivity contribution in [2.24, 2.45) is 0 Å². The second kappa shape index (κ2) is 18.6. The van der Waals surface area contributed by atoms with Gasteiger partial charge < -0.3 is 24.3 Å². The molecule has 0 bridgehead atoms. The van der Waals surface area contributed by atoms with E-state index in [1.54, 1.807) is 60.7 Å². The van der Waals surface area contributed by atoms with Gasteiger partial charge in [0.25, 0.3) is 5.91 Å². The predicted molar refractivity (Wildman–Crippen MR) is 214 cm³/mol. The normalized spacial score (nSPS) is 14.9. The Balaban J connectivity index is 1.11. The molecule has 1 amide bonds. The summed E-state index contributed by atoms with van der Waals surface area (Å²) in [5, 5.41) is 3.11. The molecule has 0 aliphatic heterocycles. The highest BCUT2D eigenvalue weighted by atomic mass is 16.5. The van der Waals surface area contributed by atoms with Crippen molar-refractivity contribution in [3.8, 4) is 17.2 Å². The summed E-state index contributed by atoms with van der Waals surface area (Å²) in [6.07, 6.45) is 2.41. The zero-order chi connectivity index (χ0) is 38.5. The van der Waals surface area contributed by atoms with Gasteiger partial charge in [-0.25, -0.2) is 4.79 Å². The largest absolute Gasteiger partial charge is 0.489 e. The van der Waals surface area contributed by atoms with Gasteiger partial charge in [-0.1, -0.05) is 128 Å². The second-order valence-corrected chi connectivity index (χ2v) is 13.7. The Hall–Kier alpha value is -6.67. The van der Waals surface area contributed by atoms with Gasteiger partial charge in [-0.15, -0.1) is 0 Å². The maximum atomic E-state index is 14.2. The standard InChI is InChI=1S/C48H43NO7/c50-46(37-21-11-4-12-22-37)45-43(54-32-35-17-7-2-8-18-35)29-39(30-44(45)55-33-36-19-9-3-10-20-36)48(52)56-42-24-14-13-23-41(42)49-47(51)38-25-27-40(28-26-38)53-31-34-15-5-1-6-16-34/h1-12,15-22,25-30,41-42H,13-14,23-24,31-33H2,(H,49,51)/t41-,42-/m0/s1. The van der Waals surface area contributed by atoms with E-state index in [0.717, 1.165) is 29.5 Å². The van der Waals surface area contributed by atoms with Crippen molar-refractivity contribution in [3.63, 3.8) is 0 Å². The van der Waals surface area contributed by atoms with Crippen LogP contribution in [0.3, 0.4) is 0 Å². The number of amides is 1. The van der Waals surface area contributed by atoms with Crippen LogP contribution >= 0.6 is 0 Å². The fraction of sp³-hybridized carbons (Fsp3) is 0.188. The molecule has 8 heteroatoms. The molecule has 282 valence electrons. The lowest BCUT2D eigenvalue weighted by Gasteiger charge is -2.32. The van der Waals surface area contributed by atoms with Crippen LogP contribution in [-0.4, -0.2) is 29.8 Å². The molecule has 1 aliphatic rings. The van der Waals surface area contributed by atoms with Gasteiger partial charge in [0.1, 0.15) is 48.7 Å². The molecular weight excluding hydrogens is 703 g/mol. The fourth-order valence-electron chi connectivity index (χ4n) is 6.67. The van der Waals surface area contributed by atoms with E-state index in [4.69, 9.17) is 18.9 Å². The Morgan fingerprint density at radius 2 is 1.00 bits per heavy atom. The molecule has 6 aromatic rings. The van der Waals surface area contributed by atoms with Crippen molar-refractivity contribution in [3.05, 3.63) is 197 Å². The number of rotatable bonds is 15. The van der Waals surface area contributed by atoms with Crippen molar-refractivity contribution in [2.45, 2.75) is 57.6 Å². The lowest BCUT2D eigenvalue weighted by atomic mass is 9.92. The SMILES string of the molecule is O=C(N[C@H]1CCCC[C@@H]1OC(=O)c1cc(OCc2ccccc2)c(C(=O)c2ccccc2)c(OCc2ccccc2)c1)c1ccc(OCc2ccccc2)cc1. The highest BCUT2D eigenvalue weighted by Gasteiger charge is 2.32. The summed E-state index contributed by atoms with van der Waals surface area (Å²) in [5.74, 6) is -0.115. The maximum absolute atomic E-state index is 14.2. The van der Waals surface area contributed by atoms with Crippen LogP contribution in [-0.2, 0) is 24.6 Å². The van der Waals surface area contributed by atoms with Gasteiger partial charge in [0.2, 0.25) is 5.78 Å². The zero-order valence-corrected chi connectivity index (χ0v) is 31.0. The first-order valence-corrected chi connectivity index (χ1v) is 18.9. The molecule has 0 saturated heterocycles. The van der Waals surface area contributed by atoms with E-state index in [1.165, 1.54) is 0 Å². The Morgan fingerprint density at radius 3 is 1.54 bits per heavy atom.